The van der Waals surface area contributed by atoms with Crippen molar-refractivity contribution in [3.63, 3.8) is 0 Å². The summed E-state index contributed by atoms with van der Waals surface area (Å²) in [5, 5.41) is 14.3. The second kappa shape index (κ2) is 4.65. The first kappa shape index (κ1) is 13.0. The summed E-state index contributed by atoms with van der Waals surface area (Å²) >= 11 is 3.38. The van der Waals surface area contributed by atoms with Crippen molar-refractivity contribution in [2.45, 2.75) is 19.8 Å². The highest BCUT2D eigenvalue weighted by Gasteiger charge is 2.16. The zero-order valence-electron chi connectivity index (χ0n) is 10.6. The van der Waals surface area contributed by atoms with E-state index in [1.807, 2.05) is 12.1 Å². The molecule has 3 N–H and O–H groups in total. The molecule has 0 amide bonds. The number of halogens is 1. The van der Waals surface area contributed by atoms with E-state index in [0.717, 1.165) is 11.1 Å². The van der Waals surface area contributed by atoms with Gasteiger partial charge >= 0.3 is 0 Å². The van der Waals surface area contributed by atoms with Gasteiger partial charge in [-0.1, -0.05) is 13.8 Å². The van der Waals surface area contributed by atoms with Crippen molar-refractivity contribution in [2.24, 2.45) is 7.05 Å². The Labute approximate surface area is 115 Å². The summed E-state index contributed by atoms with van der Waals surface area (Å²) in [5.74, 6) is 1.11. The quantitative estimate of drug-likeness (QED) is 0.895. The predicted molar refractivity (Wildman–Crippen MR) is 76.5 cm³/mol. The first-order valence-corrected chi connectivity index (χ1v) is 6.51. The summed E-state index contributed by atoms with van der Waals surface area (Å²) in [6.07, 6.45) is 1.67. The van der Waals surface area contributed by atoms with E-state index in [2.05, 4.69) is 34.9 Å². The molecule has 96 valence electrons. The Bertz CT molecular complexity index is 590. The number of rotatable bonds is 2. The number of hydrogen-bond donors (Lipinski definition) is 2. The third-order valence-corrected chi connectivity index (χ3v) is 3.63. The molecule has 1 aromatic carbocycles. The molecule has 2 rings (SSSR count). The fourth-order valence-electron chi connectivity index (χ4n) is 1.81. The molecule has 4 nitrogen and oxygen atoms in total. The molecule has 0 atom stereocenters. The van der Waals surface area contributed by atoms with Gasteiger partial charge in [-0.2, -0.15) is 5.10 Å². The van der Waals surface area contributed by atoms with Gasteiger partial charge in [-0.15, -0.1) is 0 Å². The molecule has 2 aromatic rings. The topological polar surface area (TPSA) is 64.1 Å². The normalized spacial score (nSPS) is 11.2. The van der Waals surface area contributed by atoms with Gasteiger partial charge < -0.3 is 10.8 Å². The second-order valence-corrected chi connectivity index (χ2v) is 5.48. The Morgan fingerprint density at radius 2 is 2.00 bits per heavy atom. The van der Waals surface area contributed by atoms with Crippen LogP contribution in [0.2, 0.25) is 0 Å². The highest BCUT2D eigenvalue weighted by atomic mass is 79.9. The van der Waals surface area contributed by atoms with E-state index in [4.69, 9.17) is 5.73 Å². The standard InChI is InChI=1S/C13H16BrN3O/c1-7(2)8-4-9(12(18)11(14)5-8)10-6-16-17(3)13(10)15/h4-7,18H,15H2,1-3H3. The van der Waals surface area contributed by atoms with E-state index in [-0.39, 0.29) is 5.75 Å². The summed E-state index contributed by atoms with van der Waals surface area (Å²) in [7, 11) is 1.78. The fraction of sp³-hybridized carbons (Fsp3) is 0.308. The number of nitrogens with two attached hydrogens (primary N) is 1. The van der Waals surface area contributed by atoms with Crippen molar-refractivity contribution in [2.75, 3.05) is 5.73 Å². The van der Waals surface area contributed by atoms with E-state index in [0.29, 0.717) is 21.8 Å². The lowest BCUT2D eigenvalue weighted by molar-refractivity contribution is 0.473. The maximum Gasteiger partial charge on any atom is 0.137 e. The van der Waals surface area contributed by atoms with Gasteiger partial charge in [0.2, 0.25) is 0 Å². The lowest BCUT2D eigenvalue weighted by atomic mass is 9.97. The van der Waals surface area contributed by atoms with Crippen LogP contribution in [0.15, 0.2) is 22.8 Å². The molecule has 0 bridgehead atoms. The summed E-state index contributed by atoms with van der Waals surface area (Å²) in [6, 6.07) is 3.88. The molecule has 0 aliphatic rings. The van der Waals surface area contributed by atoms with E-state index in [9.17, 15) is 5.11 Å². The fourth-order valence-corrected chi connectivity index (χ4v) is 2.29. The lowest BCUT2D eigenvalue weighted by Crippen LogP contribution is -1.98. The van der Waals surface area contributed by atoms with Crippen LogP contribution in [0.25, 0.3) is 11.1 Å². The van der Waals surface area contributed by atoms with Crippen molar-refractivity contribution in [3.8, 4) is 16.9 Å². The number of benzene rings is 1. The molecule has 0 radical (unpaired) electrons. The first-order valence-electron chi connectivity index (χ1n) is 5.72. The van der Waals surface area contributed by atoms with Crippen LogP contribution in [-0.4, -0.2) is 14.9 Å². The van der Waals surface area contributed by atoms with Crippen molar-refractivity contribution >= 4 is 21.7 Å². The average molecular weight is 310 g/mol. The molecule has 0 saturated heterocycles. The van der Waals surface area contributed by atoms with Gasteiger partial charge in [0.05, 0.1) is 10.7 Å². The largest absolute Gasteiger partial charge is 0.506 e. The number of phenols is 1. The van der Waals surface area contributed by atoms with Crippen molar-refractivity contribution < 1.29 is 5.11 Å². The number of anilines is 1. The minimum atomic E-state index is 0.194. The molecule has 0 fully saturated rings. The Kier molecular flexibility index (Phi) is 3.34. The monoisotopic (exact) mass is 309 g/mol. The van der Waals surface area contributed by atoms with Crippen LogP contribution in [-0.2, 0) is 7.05 Å². The molecule has 0 aliphatic heterocycles. The van der Waals surface area contributed by atoms with Crippen LogP contribution < -0.4 is 5.73 Å². The highest BCUT2D eigenvalue weighted by Crippen LogP contribution is 2.40. The predicted octanol–water partition coefficient (Wildman–Crippen LogP) is 3.26. The molecule has 0 unspecified atom stereocenters. The number of phenolic OH excluding ortho intramolecular Hbond substituents is 1. The molecule has 0 saturated carbocycles. The van der Waals surface area contributed by atoms with E-state index >= 15 is 0 Å². The second-order valence-electron chi connectivity index (χ2n) is 4.62. The van der Waals surface area contributed by atoms with Crippen LogP contribution in [0, 0.1) is 0 Å². The van der Waals surface area contributed by atoms with Crippen molar-refractivity contribution in [1.82, 2.24) is 9.78 Å². The summed E-state index contributed by atoms with van der Waals surface area (Å²) < 4.78 is 2.26. The molecule has 1 aromatic heterocycles. The van der Waals surface area contributed by atoms with Gasteiger partial charge in [-0.05, 0) is 39.5 Å². The van der Waals surface area contributed by atoms with Gasteiger partial charge in [-0.25, -0.2) is 0 Å². The van der Waals surface area contributed by atoms with Crippen LogP contribution >= 0.6 is 15.9 Å². The van der Waals surface area contributed by atoms with E-state index in [1.165, 1.54) is 0 Å². The molecule has 18 heavy (non-hydrogen) atoms. The third-order valence-electron chi connectivity index (χ3n) is 3.03. The van der Waals surface area contributed by atoms with Gasteiger partial charge in [0, 0.05) is 18.2 Å². The van der Waals surface area contributed by atoms with Crippen LogP contribution in [0.1, 0.15) is 25.3 Å². The molecule has 0 spiro atoms. The minimum Gasteiger partial charge on any atom is -0.506 e. The summed E-state index contributed by atoms with van der Waals surface area (Å²) in [6.45, 7) is 4.21. The SMILES string of the molecule is CC(C)c1cc(Br)c(O)c(-c2cnn(C)c2N)c1. The molecule has 1 heterocycles. The zero-order valence-corrected chi connectivity index (χ0v) is 12.2. The maximum absolute atomic E-state index is 10.2. The smallest absolute Gasteiger partial charge is 0.137 e. The number of nitrogens with zero attached hydrogens (tertiary/aromatic N) is 2. The van der Waals surface area contributed by atoms with Crippen LogP contribution in [0.5, 0.6) is 5.75 Å². The highest BCUT2D eigenvalue weighted by molar-refractivity contribution is 9.10. The van der Waals surface area contributed by atoms with Gasteiger partial charge in [0.25, 0.3) is 0 Å². The minimum absolute atomic E-state index is 0.194. The maximum atomic E-state index is 10.2. The summed E-state index contributed by atoms with van der Waals surface area (Å²) in [5.41, 5.74) is 8.55. The number of nitrogen functional groups attached to an aromatic ring is 1. The Morgan fingerprint density at radius 1 is 1.33 bits per heavy atom. The van der Waals surface area contributed by atoms with Crippen molar-refractivity contribution in [3.05, 3.63) is 28.4 Å². The summed E-state index contributed by atoms with van der Waals surface area (Å²) in [4.78, 5) is 0. The van der Waals surface area contributed by atoms with E-state index in [1.54, 1.807) is 17.9 Å². The van der Waals surface area contributed by atoms with Crippen LogP contribution in [0.4, 0.5) is 5.82 Å². The molecular formula is C13H16BrN3O. The first-order chi connectivity index (χ1) is 8.41. The average Bonchev–Trinajstić information content (AvgIpc) is 2.63. The molecule has 0 aliphatic carbocycles. The number of hydrogen-bond acceptors (Lipinski definition) is 3. The van der Waals surface area contributed by atoms with E-state index < -0.39 is 0 Å². The third kappa shape index (κ3) is 2.10. The van der Waals surface area contributed by atoms with Gasteiger partial charge in [0.15, 0.2) is 0 Å². The van der Waals surface area contributed by atoms with Crippen molar-refractivity contribution in [1.29, 1.82) is 0 Å². The Morgan fingerprint density at radius 3 is 2.50 bits per heavy atom. The van der Waals surface area contributed by atoms with Gasteiger partial charge in [-0.3, -0.25) is 4.68 Å². The zero-order chi connectivity index (χ0) is 13.4. The molecule has 5 heteroatoms. The number of aromatic hydroxyl groups is 1. The lowest BCUT2D eigenvalue weighted by Gasteiger charge is -2.12. The number of aromatic nitrogens is 2. The number of aryl methyl sites for hydroxylation is 1. The Balaban J connectivity index is 2.67. The Hall–Kier alpha value is -1.49. The van der Waals surface area contributed by atoms with Crippen LogP contribution in [0.3, 0.4) is 0 Å². The molecular weight excluding hydrogens is 294 g/mol. The van der Waals surface area contributed by atoms with Gasteiger partial charge in [0.1, 0.15) is 11.6 Å².